The van der Waals surface area contributed by atoms with Gasteiger partial charge in [-0.2, -0.15) is 8.42 Å². The highest BCUT2D eigenvalue weighted by Gasteiger charge is 2.30. The van der Waals surface area contributed by atoms with Gasteiger partial charge in [0.15, 0.2) is 0 Å². The zero-order valence-corrected chi connectivity index (χ0v) is 12.2. The first-order valence-corrected chi connectivity index (χ1v) is 7.66. The van der Waals surface area contributed by atoms with Crippen LogP contribution in [-0.2, 0) is 15.1 Å². The van der Waals surface area contributed by atoms with Crippen molar-refractivity contribution in [3.05, 3.63) is 71.8 Å². The molecular formula is C15H15NO4S. The van der Waals surface area contributed by atoms with E-state index >= 15 is 0 Å². The molecule has 6 heteroatoms. The lowest BCUT2D eigenvalue weighted by atomic mass is 9.90. The van der Waals surface area contributed by atoms with Crippen LogP contribution in [0.25, 0.3) is 0 Å². The van der Waals surface area contributed by atoms with E-state index in [1.54, 1.807) is 48.5 Å². The third-order valence-electron chi connectivity index (χ3n) is 3.17. The zero-order valence-electron chi connectivity index (χ0n) is 11.4. The van der Waals surface area contributed by atoms with Gasteiger partial charge in [-0.15, -0.1) is 0 Å². The van der Waals surface area contributed by atoms with Gasteiger partial charge in [-0.25, -0.2) is 4.31 Å². The minimum Gasteiger partial charge on any atom is -0.273 e. The van der Waals surface area contributed by atoms with Crippen LogP contribution in [0.4, 0.5) is 0 Å². The average molecular weight is 305 g/mol. The summed E-state index contributed by atoms with van der Waals surface area (Å²) in [5.74, 6) is -1.51. The highest BCUT2D eigenvalue weighted by Crippen LogP contribution is 2.27. The monoisotopic (exact) mass is 305 g/mol. The Labute approximate surface area is 123 Å². The van der Waals surface area contributed by atoms with Gasteiger partial charge in [0, 0.05) is 7.05 Å². The Kier molecular flexibility index (Phi) is 4.40. The number of hydrogen-bond donors (Lipinski definition) is 1. The molecule has 0 unspecified atom stereocenters. The number of amides is 1. The fourth-order valence-electron chi connectivity index (χ4n) is 2.06. The van der Waals surface area contributed by atoms with Gasteiger partial charge in [0.05, 0.1) is 5.92 Å². The van der Waals surface area contributed by atoms with E-state index in [1.165, 1.54) is 0 Å². The van der Waals surface area contributed by atoms with Crippen molar-refractivity contribution in [3.63, 3.8) is 0 Å². The molecule has 0 aliphatic carbocycles. The van der Waals surface area contributed by atoms with Gasteiger partial charge >= 0.3 is 10.3 Å². The summed E-state index contributed by atoms with van der Waals surface area (Å²) in [6.45, 7) is 0. The summed E-state index contributed by atoms with van der Waals surface area (Å²) >= 11 is 0. The maximum atomic E-state index is 12.5. The molecule has 0 aromatic heterocycles. The first kappa shape index (κ1) is 15.2. The topological polar surface area (TPSA) is 74.7 Å². The number of rotatable bonds is 4. The van der Waals surface area contributed by atoms with Crippen LogP contribution in [0.5, 0.6) is 0 Å². The molecule has 0 fully saturated rings. The third kappa shape index (κ3) is 3.48. The molecule has 0 heterocycles. The van der Waals surface area contributed by atoms with E-state index in [4.69, 9.17) is 4.55 Å². The number of carbonyl (C=O) groups excluding carboxylic acids is 1. The normalized spacial score (nSPS) is 11.4. The molecule has 0 aliphatic heterocycles. The molecule has 2 aromatic carbocycles. The fraction of sp³-hybridized carbons (Fsp3) is 0.133. The van der Waals surface area contributed by atoms with Crippen molar-refractivity contribution in [2.75, 3.05) is 7.05 Å². The molecule has 0 bridgehead atoms. The highest BCUT2D eigenvalue weighted by molar-refractivity contribution is 7.83. The minimum atomic E-state index is -4.58. The van der Waals surface area contributed by atoms with Gasteiger partial charge in [-0.1, -0.05) is 60.7 Å². The van der Waals surface area contributed by atoms with Crippen molar-refractivity contribution in [3.8, 4) is 0 Å². The van der Waals surface area contributed by atoms with Crippen molar-refractivity contribution in [2.24, 2.45) is 0 Å². The van der Waals surface area contributed by atoms with Crippen LogP contribution in [-0.4, -0.2) is 30.2 Å². The van der Waals surface area contributed by atoms with Gasteiger partial charge in [0.2, 0.25) is 5.91 Å². The second-order valence-corrected chi connectivity index (χ2v) is 5.98. The second-order valence-electron chi connectivity index (χ2n) is 4.54. The summed E-state index contributed by atoms with van der Waals surface area (Å²) in [5, 5.41) is 0. The van der Waals surface area contributed by atoms with Crippen molar-refractivity contribution in [2.45, 2.75) is 5.92 Å². The number of likely N-dealkylation sites (N-methyl/N-ethyl adjacent to an activating group) is 1. The van der Waals surface area contributed by atoms with E-state index in [2.05, 4.69) is 0 Å². The lowest BCUT2D eigenvalue weighted by Gasteiger charge is -2.22. The van der Waals surface area contributed by atoms with Crippen molar-refractivity contribution in [1.82, 2.24) is 4.31 Å². The van der Waals surface area contributed by atoms with Gasteiger partial charge < -0.3 is 0 Å². The molecule has 0 spiro atoms. The third-order valence-corrected chi connectivity index (χ3v) is 4.04. The molecule has 5 nitrogen and oxygen atoms in total. The number of carbonyl (C=O) groups is 1. The van der Waals surface area contributed by atoms with Crippen LogP contribution < -0.4 is 0 Å². The average Bonchev–Trinajstić information content (AvgIpc) is 2.48. The van der Waals surface area contributed by atoms with Gasteiger partial charge in [0.1, 0.15) is 0 Å². The Bertz CT molecular complexity index is 674. The summed E-state index contributed by atoms with van der Waals surface area (Å²) in [7, 11) is -3.54. The largest absolute Gasteiger partial charge is 0.361 e. The Morgan fingerprint density at radius 3 is 1.67 bits per heavy atom. The van der Waals surface area contributed by atoms with Crippen LogP contribution in [0.15, 0.2) is 60.7 Å². The van der Waals surface area contributed by atoms with Crippen molar-refractivity contribution in [1.29, 1.82) is 0 Å². The Morgan fingerprint density at radius 2 is 1.33 bits per heavy atom. The van der Waals surface area contributed by atoms with E-state index in [9.17, 15) is 13.2 Å². The zero-order chi connectivity index (χ0) is 15.5. The molecule has 2 rings (SSSR count). The summed E-state index contributed by atoms with van der Waals surface area (Å²) < 4.78 is 31.8. The predicted molar refractivity (Wildman–Crippen MR) is 79.0 cm³/mol. The van der Waals surface area contributed by atoms with Crippen molar-refractivity contribution < 1.29 is 17.8 Å². The molecule has 0 aliphatic rings. The summed E-state index contributed by atoms with van der Waals surface area (Å²) in [6.07, 6.45) is 0. The molecular weight excluding hydrogens is 290 g/mol. The number of hydrogen-bond acceptors (Lipinski definition) is 3. The van der Waals surface area contributed by atoms with Crippen LogP contribution in [0.3, 0.4) is 0 Å². The summed E-state index contributed by atoms with van der Waals surface area (Å²) in [4.78, 5) is 12.5. The smallest absolute Gasteiger partial charge is 0.273 e. The van der Waals surface area contributed by atoms with Crippen LogP contribution >= 0.6 is 0 Å². The molecule has 0 saturated carbocycles. The Balaban J connectivity index is 2.50. The quantitative estimate of drug-likeness (QED) is 0.878. The molecule has 0 saturated heterocycles. The van der Waals surface area contributed by atoms with E-state index in [0.717, 1.165) is 7.05 Å². The van der Waals surface area contributed by atoms with Gasteiger partial charge in [-0.3, -0.25) is 9.35 Å². The fourth-order valence-corrected chi connectivity index (χ4v) is 2.40. The van der Waals surface area contributed by atoms with Crippen LogP contribution in [0.2, 0.25) is 0 Å². The standard InChI is InChI=1S/C15H15NO4S/c1-16(21(18,19)20)15(17)14(12-8-4-2-5-9-12)13-10-6-3-7-11-13/h2-11,14H,1H3,(H,18,19,20). The maximum absolute atomic E-state index is 12.5. The maximum Gasteiger partial charge on any atom is 0.361 e. The molecule has 0 atom stereocenters. The Hall–Kier alpha value is -2.18. The minimum absolute atomic E-state index is 0.359. The van der Waals surface area contributed by atoms with Crippen LogP contribution in [0.1, 0.15) is 17.0 Å². The van der Waals surface area contributed by atoms with Crippen molar-refractivity contribution >= 4 is 16.2 Å². The Morgan fingerprint density at radius 1 is 0.952 bits per heavy atom. The molecule has 0 radical (unpaired) electrons. The first-order valence-electron chi connectivity index (χ1n) is 6.26. The molecule has 110 valence electrons. The first-order chi connectivity index (χ1) is 9.91. The molecule has 1 N–H and O–H groups in total. The molecule has 1 amide bonds. The molecule has 21 heavy (non-hydrogen) atoms. The lowest BCUT2D eigenvalue weighted by molar-refractivity contribution is -0.126. The van der Waals surface area contributed by atoms with E-state index in [-0.39, 0.29) is 0 Å². The highest BCUT2D eigenvalue weighted by atomic mass is 32.2. The summed E-state index contributed by atoms with van der Waals surface area (Å²) in [6, 6.07) is 17.7. The van der Waals surface area contributed by atoms with Gasteiger partial charge in [0.25, 0.3) is 0 Å². The van der Waals surface area contributed by atoms with Crippen LogP contribution in [0, 0.1) is 0 Å². The SMILES string of the molecule is CN(C(=O)C(c1ccccc1)c1ccccc1)S(=O)(=O)O. The lowest BCUT2D eigenvalue weighted by Crippen LogP contribution is -2.36. The van der Waals surface area contributed by atoms with Gasteiger partial charge in [-0.05, 0) is 11.1 Å². The second kappa shape index (κ2) is 6.07. The number of benzene rings is 2. The van der Waals surface area contributed by atoms with E-state index in [0.29, 0.717) is 15.4 Å². The van der Waals surface area contributed by atoms with E-state index < -0.39 is 22.1 Å². The predicted octanol–water partition coefficient (Wildman–Crippen LogP) is 2.08. The van der Waals surface area contributed by atoms with E-state index in [1.807, 2.05) is 12.1 Å². The molecule has 2 aromatic rings. The number of nitrogens with zero attached hydrogens (tertiary/aromatic N) is 1. The summed E-state index contributed by atoms with van der Waals surface area (Å²) in [5.41, 5.74) is 1.31.